The fourth-order valence-corrected chi connectivity index (χ4v) is 1.83. The summed E-state index contributed by atoms with van der Waals surface area (Å²) in [5.41, 5.74) is 0.910. The van der Waals surface area contributed by atoms with Crippen LogP contribution < -0.4 is 4.90 Å². The summed E-state index contributed by atoms with van der Waals surface area (Å²) in [4.78, 5) is 6.55. The first kappa shape index (κ1) is 10.2. The molecule has 0 saturated carbocycles. The molecule has 0 amide bonds. The van der Waals surface area contributed by atoms with Gasteiger partial charge in [-0.1, -0.05) is 18.2 Å². The zero-order chi connectivity index (χ0) is 10.7. The van der Waals surface area contributed by atoms with Gasteiger partial charge < -0.3 is 10.0 Å². The summed E-state index contributed by atoms with van der Waals surface area (Å²) in [5.74, 6) is 0.914. The summed E-state index contributed by atoms with van der Waals surface area (Å²) in [5, 5.41) is 9.65. The Labute approximate surface area is 90.1 Å². The minimum atomic E-state index is -0.459. The van der Waals surface area contributed by atoms with E-state index >= 15 is 0 Å². The maximum atomic E-state index is 9.65. The van der Waals surface area contributed by atoms with Crippen molar-refractivity contribution in [2.75, 3.05) is 18.0 Å². The normalized spacial score (nSPS) is 17.9. The van der Waals surface area contributed by atoms with E-state index in [4.69, 9.17) is 0 Å². The summed E-state index contributed by atoms with van der Waals surface area (Å²) in [6.45, 7) is 3.64. The minimum Gasteiger partial charge on any atom is -0.389 e. The van der Waals surface area contributed by atoms with Gasteiger partial charge >= 0.3 is 0 Å². The molecule has 3 nitrogen and oxygen atoms in total. The predicted molar refractivity (Wildman–Crippen MR) is 60.8 cm³/mol. The molecule has 1 atom stereocenters. The lowest BCUT2D eigenvalue weighted by Gasteiger charge is -2.27. The Morgan fingerprint density at radius 3 is 3.00 bits per heavy atom. The van der Waals surface area contributed by atoms with Crippen molar-refractivity contribution in [2.45, 2.75) is 19.4 Å². The van der Waals surface area contributed by atoms with Crippen molar-refractivity contribution >= 4 is 5.82 Å². The predicted octanol–water partition coefficient (Wildman–Crippen LogP) is 1.90. The molecule has 1 aliphatic rings. The van der Waals surface area contributed by atoms with Gasteiger partial charge in [-0.15, -0.1) is 0 Å². The zero-order valence-electron chi connectivity index (χ0n) is 8.93. The molecule has 1 unspecified atom stereocenters. The standard InChI is InChI=1S/C12H16N2O/c1-10(15)11-6-5-7-13-12(11)14-8-3-2-4-9-14/h2-3,5-7,10,15H,4,8-9H2,1H3. The van der Waals surface area contributed by atoms with E-state index in [1.807, 2.05) is 12.1 Å². The Morgan fingerprint density at radius 1 is 1.47 bits per heavy atom. The average Bonchev–Trinajstić information content (AvgIpc) is 2.30. The first-order chi connectivity index (χ1) is 7.29. The number of hydrogen-bond acceptors (Lipinski definition) is 3. The van der Waals surface area contributed by atoms with Crippen LogP contribution in [0.4, 0.5) is 5.82 Å². The SMILES string of the molecule is CC(O)c1cccnc1N1CC=CCC1. The highest BCUT2D eigenvalue weighted by molar-refractivity contribution is 5.48. The third-order valence-corrected chi connectivity index (χ3v) is 2.62. The number of hydrogen-bond donors (Lipinski definition) is 1. The Balaban J connectivity index is 2.30. The summed E-state index contributed by atoms with van der Waals surface area (Å²) >= 11 is 0. The van der Waals surface area contributed by atoms with Gasteiger partial charge in [0.15, 0.2) is 0 Å². The Hall–Kier alpha value is -1.35. The van der Waals surface area contributed by atoms with Crippen molar-refractivity contribution in [3.8, 4) is 0 Å². The van der Waals surface area contributed by atoms with Crippen LogP contribution in [0.2, 0.25) is 0 Å². The fraction of sp³-hybridized carbons (Fsp3) is 0.417. The summed E-state index contributed by atoms with van der Waals surface area (Å²) in [6, 6.07) is 3.80. The molecule has 0 radical (unpaired) electrons. The van der Waals surface area contributed by atoms with Crippen molar-refractivity contribution in [2.24, 2.45) is 0 Å². The van der Waals surface area contributed by atoms with E-state index in [9.17, 15) is 5.11 Å². The van der Waals surface area contributed by atoms with E-state index in [0.29, 0.717) is 0 Å². The van der Waals surface area contributed by atoms with E-state index < -0.39 is 6.10 Å². The number of aliphatic hydroxyl groups is 1. The molecule has 0 aliphatic carbocycles. The average molecular weight is 204 g/mol. The molecule has 2 rings (SSSR count). The van der Waals surface area contributed by atoms with Crippen LogP contribution in [0.1, 0.15) is 25.0 Å². The third-order valence-electron chi connectivity index (χ3n) is 2.62. The number of nitrogens with zero attached hydrogens (tertiary/aromatic N) is 2. The fourth-order valence-electron chi connectivity index (χ4n) is 1.83. The number of aromatic nitrogens is 1. The quantitative estimate of drug-likeness (QED) is 0.747. The van der Waals surface area contributed by atoms with Gasteiger partial charge in [0.2, 0.25) is 0 Å². The van der Waals surface area contributed by atoms with Gasteiger partial charge in [-0.05, 0) is 19.4 Å². The molecular formula is C12H16N2O. The second kappa shape index (κ2) is 4.45. The molecule has 0 bridgehead atoms. The highest BCUT2D eigenvalue weighted by Crippen LogP contribution is 2.24. The lowest BCUT2D eigenvalue weighted by atomic mass is 10.1. The van der Waals surface area contributed by atoms with Crippen molar-refractivity contribution < 1.29 is 5.11 Å². The topological polar surface area (TPSA) is 36.4 Å². The van der Waals surface area contributed by atoms with Crippen LogP contribution in [0.5, 0.6) is 0 Å². The van der Waals surface area contributed by atoms with E-state index in [-0.39, 0.29) is 0 Å². The molecule has 1 aromatic heterocycles. The summed E-state index contributed by atoms with van der Waals surface area (Å²) < 4.78 is 0. The van der Waals surface area contributed by atoms with Gasteiger partial charge in [-0.3, -0.25) is 0 Å². The van der Waals surface area contributed by atoms with Crippen molar-refractivity contribution in [1.29, 1.82) is 0 Å². The smallest absolute Gasteiger partial charge is 0.134 e. The largest absolute Gasteiger partial charge is 0.389 e. The lowest BCUT2D eigenvalue weighted by Crippen LogP contribution is -2.28. The number of pyridine rings is 1. The van der Waals surface area contributed by atoms with Gasteiger partial charge in [-0.25, -0.2) is 4.98 Å². The van der Waals surface area contributed by atoms with Crippen LogP contribution in [0.25, 0.3) is 0 Å². The Morgan fingerprint density at radius 2 is 2.33 bits per heavy atom. The number of rotatable bonds is 2. The molecule has 0 aromatic carbocycles. The van der Waals surface area contributed by atoms with Gasteiger partial charge in [0.1, 0.15) is 5.82 Å². The highest BCUT2D eigenvalue weighted by Gasteiger charge is 2.15. The number of anilines is 1. The minimum absolute atomic E-state index is 0.459. The molecule has 0 saturated heterocycles. The summed E-state index contributed by atoms with van der Waals surface area (Å²) in [7, 11) is 0. The van der Waals surface area contributed by atoms with Crippen molar-refractivity contribution in [3.05, 3.63) is 36.0 Å². The molecule has 2 heterocycles. The van der Waals surface area contributed by atoms with Gasteiger partial charge in [0, 0.05) is 24.8 Å². The molecule has 3 heteroatoms. The first-order valence-corrected chi connectivity index (χ1v) is 5.32. The maximum absolute atomic E-state index is 9.65. The molecule has 1 N–H and O–H groups in total. The van der Waals surface area contributed by atoms with E-state index in [2.05, 4.69) is 22.0 Å². The van der Waals surface area contributed by atoms with Gasteiger partial charge in [0.25, 0.3) is 0 Å². The van der Waals surface area contributed by atoms with Crippen LogP contribution in [-0.2, 0) is 0 Å². The van der Waals surface area contributed by atoms with Crippen LogP contribution >= 0.6 is 0 Å². The van der Waals surface area contributed by atoms with E-state index in [0.717, 1.165) is 30.9 Å². The third kappa shape index (κ3) is 2.18. The second-order valence-electron chi connectivity index (χ2n) is 3.80. The van der Waals surface area contributed by atoms with Crippen LogP contribution in [-0.4, -0.2) is 23.2 Å². The molecule has 80 valence electrons. The first-order valence-electron chi connectivity index (χ1n) is 5.32. The monoisotopic (exact) mass is 204 g/mol. The molecule has 0 fully saturated rings. The molecular weight excluding hydrogens is 188 g/mol. The summed E-state index contributed by atoms with van der Waals surface area (Å²) in [6.07, 6.45) is 6.69. The van der Waals surface area contributed by atoms with Gasteiger partial charge in [0.05, 0.1) is 6.10 Å². The molecule has 0 spiro atoms. The van der Waals surface area contributed by atoms with Crippen LogP contribution in [0.3, 0.4) is 0 Å². The zero-order valence-corrected chi connectivity index (χ0v) is 8.93. The molecule has 1 aliphatic heterocycles. The Bertz CT molecular complexity index is 360. The van der Waals surface area contributed by atoms with E-state index in [1.165, 1.54) is 0 Å². The van der Waals surface area contributed by atoms with Crippen LogP contribution in [0.15, 0.2) is 30.5 Å². The lowest BCUT2D eigenvalue weighted by molar-refractivity contribution is 0.199. The molecule has 15 heavy (non-hydrogen) atoms. The van der Waals surface area contributed by atoms with Crippen molar-refractivity contribution in [1.82, 2.24) is 4.98 Å². The molecule has 1 aromatic rings. The highest BCUT2D eigenvalue weighted by atomic mass is 16.3. The maximum Gasteiger partial charge on any atom is 0.134 e. The van der Waals surface area contributed by atoms with Crippen molar-refractivity contribution in [3.63, 3.8) is 0 Å². The van der Waals surface area contributed by atoms with Gasteiger partial charge in [-0.2, -0.15) is 0 Å². The second-order valence-corrected chi connectivity index (χ2v) is 3.80. The number of aliphatic hydroxyl groups excluding tert-OH is 1. The Kier molecular flexibility index (Phi) is 3.02. The van der Waals surface area contributed by atoms with E-state index in [1.54, 1.807) is 13.1 Å². The van der Waals surface area contributed by atoms with Crippen LogP contribution in [0, 0.1) is 0 Å².